The topological polar surface area (TPSA) is 30.0 Å². The molecule has 1 aromatic heterocycles. The number of aromatic nitrogens is 1. The van der Waals surface area contributed by atoms with Crippen LogP contribution < -0.4 is 0 Å². The zero-order valence-corrected chi connectivity index (χ0v) is 7.99. The molecule has 0 aliphatic carbocycles. The number of halogens is 2. The normalized spacial score (nSPS) is 9.92. The van der Waals surface area contributed by atoms with Crippen molar-refractivity contribution in [1.29, 1.82) is 0 Å². The summed E-state index contributed by atoms with van der Waals surface area (Å²) in [5, 5.41) is 0.542. The lowest BCUT2D eigenvalue weighted by molar-refractivity contribution is 0.0988. The van der Waals surface area contributed by atoms with E-state index in [2.05, 4.69) is 4.98 Å². The molecule has 0 unspecified atom stereocenters. The summed E-state index contributed by atoms with van der Waals surface area (Å²) in [6.45, 7) is 1.78. The number of hydrogen-bond donors (Lipinski definition) is 0. The molecule has 0 saturated heterocycles. The number of ketones is 1. The van der Waals surface area contributed by atoms with E-state index in [4.69, 9.17) is 23.2 Å². The van der Waals surface area contributed by atoms with Crippen molar-refractivity contribution in [3.05, 3.63) is 28.0 Å². The maximum Gasteiger partial charge on any atom is 0.164 e. The summed E-state index contributed by atoms with van der Waals surface area (Å²) in [5.41, 5.74) is 0.506. The third kappa shape index (κ3) is 1.96. The van der Waals surface area contributed by atoms with Crippen LogP contribution in [-0.2, 0) is 0 Å². The quantitative estimate of drug-likeness (QED) is 0.547. The third-order valence-corrected chi connectivity index (χ3v) is 2.13. The summed E-state index contributed by atoms with van der Waals surface area (Å²) in [4.78, 5) is 14.9. The molecule has 0 bridgehead atoms. The van der Waals surface area contributed by atoms with Gasteiger partial charge in [0.05, 0.1) is 5.02 Å². The minimum Gasteiger partial charge on any atom is -0.294 e. The SMILES string of the molecule is CCC(=O)c1cnc(Cl)c(Cl)c1. The smallest absolute Gasteiger partial charge is 0.164 e. The molecule has 1 heterocycles. The van der Waals surface area contributed by atoms with Crippen molar-refractivity contribution in [1.82, 2.24) is 4.98 Å². The Morgan fingerprint density at radius 3 is 2.75 bits per heavy atom. The molecule has 12 heavy (non-hydrogen) atoms. The Bertz CT molecular complexity index is 312. The van der Waals surface area contributed by atoms with E-state index < -0.39 is 0 Å². The molecule has 1 rings (SSSR count). The molecule has 1 aromatic rings. The lowest BCUT2D eigenvalue weighted by atomic mass is 10.1. The first-order chi connectivity index (χ1) is 5.65. The van der Waals surface area contributed by atoms with E-state index in [1.807, 2.05) is 0 Å². The summed E-state index contributed by atoms with van der Waals surface area (Å²) in [5.74, 6) is 0.0149. The zero-order valence-electron chi connectivity index (χ0n) is 6.47. The molecule has 0 amide bonds. The molecule has 4 heteroatoms. The molecular formula is C8H7Cl2NO. The Balaban J connectivity index is 3.05. The van der Waals surface area contributed by atoms with Gasteiger partial charge in [0.2, 0.25) is 0 Å². The number of pyridine rings is 1. The maximum absolute atomic E-state index is 11.1. The Labute approximate surface area is 80.5 Å². The highest BCUT2D eigenvalue weighted by Crippen LogP contribution is 2.20. The molecule has 0 aliphatic heterocycles. The Morgan fingerprint density at radius 2 is 2.25 bits per heavy atom. The van der Waals surface area contributed by atoms with Gasteiger partial charge in [0.15, 0.2) is 5.78 Å². The van der Waals surface area contributed by atoms with Gasteiger partial charge in [0.1, 0.15) is 5.15 Å². The number of rotatable bonds is 2. The van der Waals surface area contributed by atoms with Crippen LogP contribution in [0, 0.1) is 0 Å². The predicted molar refractivity (Wildman–Crippen MR) is 48.9 cm³/mol. The van der Waals surface area contributed by atoms with Gasteiger partial charge < -0.3 is 0 Å². The summed E-state index contributed by atoms with van der Waals surface area (Å²) in [6, 6.07) is 1.53. The predicted octanol–water partition coefficient (Wildman–Crippen LogP) is 2.98. The molecule has 2 nitrogen and oxygen atoms in total. The fourth-order valence-electron chi connectivity index (χ4n) is 0.778. The Hall–Kier alpha value is -0.600. The molecule has 0 aliphatic rings. The first-order valence-electron chi connectivity index (χ1n) is 3.49. The van der Waals surface area contributed by atoms with Crippen molar-refractivity contribution < 1.29 is 4.79 Å². The van der Waals surface area contributed by atoms with Gasteiger partial charge in [-0.25, -0.2) is 4.98 Å². The van der Waals surface area contributed by atoms with Crippen LogP contribution in [-0.4, -0.2) is 10.8 Å². The van der Waals surface area contributed by atoms with Crippen molar-refractivity contribution >= 4 is 29.0 Å². The van der Waals surface area contributed by atoms with Crippen LogP contribution in [0.4, 0.5) is 0 Å². The number of Topliss-reactive ketones (excluding diaryl/α,β-unsaturated/α-hetero) is 1. The van der Waals surface area contributed by atoms with Crippen molar-refractivity contribution in [2.75, 3.05) is 0 Å². The van der Waals surface area contributed by atoms with Crippen LogP contribution in [0.5, 0.6) is 0 Å². The highest BCUT2D eigenvalue weighted by Gasteiger charge is 2.06. The molecular weight excluding hydrogens is 197 g/mol. The first kappa shape index (κ1) is 9.49. The minimum absolute atomic E-state index is 0.0149. The molecule has 0 radical (unpaired) electrons. The van der Waals surface area contributed by atoms with Crippen LogP contribution in [0.2, 0.25) is 10.2 Å². The standard InChI is InChI=1S/C8H7Cl2NO/c1-2-7(12)5-3-6(9)8(10)11-4-5/h3-4H,2H2,1H3. The van der Waals surface area contributed by atoms with Gasteiger partial charge >= 0.3 is 0 Å². The second kappa shape index (κ2) is 3.87. The first-order valence-corrected chi connectivity index (χ1v) is 4.25. The Kier molecular flexibility index (Phi) is 3.06. The van der Waals surface area contributed by atoms with Crippen LogP contribution in [0.25, 0.3) is 0 Å². The fraction of sp³-hybridized carbons (Fsp3) is 0.250. The summed E-state index contributed by atoms with van der Waals surface area (Å²) in [7, 11) is 0. The monoisotopic (exact) mass is 203 g/mol. The minimum atomic E-state index is 0.0149. The molecule has 0 N–H and O–H groups in total. The van der Waals surface area contributed by atoms with Crippen molar-refractivity contribution in [2.24, 2.45) is 0 Å². The van der Waals surface area contributed by atoms with Crippen molar-refractivity contribution in [3.63, 3.8) is 0 Å². The molecule has 0 fully saturated rings. The second-order valence-corrected chi connectivity index (χ2v) is 3.04. The molecule has 0 atom stereocenters. The fourth-order valence-corrected chi connectivity index (χ4v) is 1.05. The van der Waals surface area contributed by atoms with Crippen LogP contribution in [0.15, 0.2) is 12.3 Å². The lowest BCUT2D eigenvalue weighted by Crippen LogP contribution is -1.97. The van der Waals surface area contributed by atoms with Gasteiger partial charge in [-0.05, 0) is 6.07 Å². The van der Waals surface area contributed by atoms with E-state index in [9.17, 15) is 4.79 Å². The molecule has 0 aromatic carbocycles. The van der Waals surface area contributed by atoms with Gasteiger partial charge in [0.25, 0.3) is 0 Å². The Morgan fingerprint density at radius 1 is 1.58 bits per heavy atom. The van der Waals surface area contributed by atoms with E-state index in [1.165, 1.54) is 12.3 Å². The number of nitrogens with zero attached hydrogens (tertiary/aromatic N) is 1. The molecule has 0 saturated carbocycles. The average Bonchev–Trinajstić information content (AvgIpc) is 2.08. The van der Waals surface area contributed by atoms with E-state index >= 15 is 0 Å². The van der Waals surface area contributed by atoms with E-state index in [1.54, 1.807) is 6.92 Å². The van der Waals surface area contributed by atoms with Gasteiger partial charge in [-0.1, -0.05) is 30.1 Å². The summed E-state index contributed by atoms with van der Waals surface area (Å²) < 4.78 is 0. The summed E-state index contributed by atoms with van der Waals surface area (Å²) >= 11 is 11.2. The second-order valence-electron chi connectivity index (χ2n) is 2.27. The lowest BCUT2D eigenvalue weighted by Gasteiger charge is -1.98. The largest absolute Gasteiger partial charge is 0.294 e. The maximum atomic E-state index is 11.1. The zero-order chi connectivity index (χ0) is 9.14. The van der Waals surface area contributed by atoms with Crippen LogP contribution in [0.1, 0.15) is 23.7 Å². The van der Waals surface area contributed by atoms with Crippen LogP contribution >= 0.6 is 23.2 Å². The molecule has 64 valence electrons. The van der Waals surface area contributed by atoms with Gasteiger partial charge in [0, 0.05) is 18.2 Å². The van der Waals surface area contributed by atoms with E-state index in [-0.39, 0.29) is 10.9 Å². The van der Waals surface area contributed by atoms with Crippen LogP contribution in [0.3, 0.4) is 0 Å². The summed E-state index contributed by atoms with van der Waals surface area (Å²) in [6.07, 6.45) is 1.87. The number of hydrogen-bond acceptors (Lipinski definition) is 2. The average molecular weight is 204 g/mol. The van der Waals surface area contributed by atoms with E-state index in [0.717, 1.165) is 0 Å². The van der Waals surface area contributed by atoms with Gasteiger partial charge in [-0.2, -0.15) is 0 Å². The third-order valence-electron chi connectivity index (χ3n) is 1.44. The van der Waals surface area contributed by atoms with Gasteiger partial charge in [-0.15, -0.1) is 0 Å². The van der Waals surface area contributed by atoms with Crippen molar-refractivity contribution in [2.45, 2.75) is 13.3 Å². The number of carbonyl (C=O) groups excluding carboxylic acids is 1. The van der Waals surface area contributed by atoms with Crippen molar-refractivity contribution in [3.8, 4) is 0 Å². The number of carbonyl (C=O) groups is 1. The highest BCUT2D eigenvalue weighted by molar-refractivity contribution is 6.41. The van der Waals surface area contributed by atoms with Gasteiger partial charge in [-0.3, -0.25) is 4.79 Å². The molecule has 0 spiro atoms. The van der Waals surface area contributed by atoms with E-state index in [0.29, 0.717) is 17.0 Å². The highest BCUT2D eigenvalue weighted by atomic mass is 35.5.